The van der Waals surface area contributed by atoms with Gasteiger partial charge in [-0.2, -0.15) is 10.1 Å². The fourth-order valence-electron chi connectivity index (χ4n) is 2.24. The Bertz CT molecular complexity index is 797. The van der Waals surface area contributed by atoms with Gasteiger partial charge in [0.05, 0.1) is 5.69 Å². The van der Waals surface area contributed by atoms with Crippen LogP contribution in [0.15, 0.2) is 18.7 Å². The molecule has 0 spiro atoms. The van der Waals surface area contributed by atoms with Crippen molar-refractivity contribution >= 4 is 23.2 Å². The first-order valence-electron chi connectivity index (χ1n) is 7.51. The number of hydrogen-bond donors (Lipinski definition) is 1. The predicted octanol–water partition coefficient (Wildman–Crippen LogP) is 1.29. The van der Waals surface area contributed by atoms with E-state index in [0.717, 1.165) is 48.5 Å². The fraction of sp³-hybridized carbons (Fsp3) is 0.429. The lowest BCUT2D eigenvalue weighted by atomic mass is 10.2. The van der Waals surface area contributed by atoms with Gasteiger partial charge in [0.15, 0.2) is 0 Å². The normalized spacial score (nSPS) is 11.0. The summed E-state index contributed by atoms with van der Waals surface area (Å²) in [5.74, 6) is 0.497. The van der Waals surface area contributed by atoms with Crippen LogP contribution < -0.4 is 5.32 Å². The molecule has 0 bridgehead atoms. The summed E-state index contributed by atoms with van der Waals surface area (Å²) >= 11 is 1.15. The second-order valence-corrected chi connectivity index (χ2v) is 5.88. The molecular formula is C14H17N7OS. The van der Waals surface area contributed by atoms with Crippen LogP contribution in [0.1, 0.15) is 40.7 Å². The molecule has 1 amide bonds. The molecule has 23 heavy (non-hydrogen) atoms. The number of aromatic nitrogens is 6. The molecule has 3 heterocycles. The van der Waals surface area contributed by atoms with E-state index in [2.05, 4.69) is 36.9 Å². The van der Waals surface area contributed by atoms with E-state index in [1.54, 1.807) is 10.7 Å². The second kappa shape index (κ2) is 7.23. The molecule has 0 aliphatic heterocycles. The van der Waals surface area contributed by atoms with Crippen LogP contribution >= 0.6 is 11.5 Å². The number of nitrogens with zero attached hydrogens (tertiary/aromatic N) is 6. The van der Waals surface area contributed by atoms with E-state index >= 15 is 0 Å². The van der Waals surface area contributed by atoms with Gasteiger partial charge in [-0.3, -0.25) is 4.79 Å². The largest absolute Gasteiger partial charge is 0.351 e. The number of aryl methyl sites for hydroxylation is 2. The molecule has 9 heteroatoms. The van der Waals surface area contributed by atoms with Crippen LogP contribution in [-0.2, 0) is 12.8 Å². The van der Waals surface area contributed by atoms with Crippen LogP contribution in [-0.4, -0.2) is 41.6 Å². The van der Waals surface area contributed by atoms with Crippen LogP contribution in [0.25, 0.3) is 5.78 Å². The van der Waals surface area contributed by atoms with Crippen molar-refractivity contribution in [3.05, 3.63) is 34.9 Å². The third kappa shape index (κ3) is 3.67. The minimum atomic E-state index is -0.0895. The monoisotopic (exact) mass is 331 g/mol. The number of carbonyl (C=O) groups is 1. The zero-order valence-electron chi connectivity index (χ0n) is 12.8. The van der Waals surface area contributed by atoms with E-state index in [9.17, 15) is 4.79 Å². The quantitative estimate of drug-likeness (QED) is 0.655. The average molecular weight is 331 g/mol. The average Bonchev–Trinajstić information content (AvgIpc) is 3.20. The van der Waals surface area contributed by atoms with Gasteiger partial charge in [-0.1, -0.05) is 17.8 Å². The molecule has 0 radical (unpaired) electrons. The summed E-state index contributed by atoms with van der Waals surface area (Å²) in [4.78, 5) is 21.0. The molecule has 0 atom stereocenters. The number of hydrogen-bond acceptors (Lipinski definition) is 7. The molecule has 0 fully saturated rings. The van der Waals surface area contributed by atoms with E-state index in [4.69, 9.17) is 0 Å². The number of amides is 1. The van der Waals surface area contributed by atoms with Gasteiger partial charge >= 0.3 is 0 Å². The van der Waals surface area contributed by atoms with Crippen molar-refractivity contribution in [1.82, 2.24) is 34.5 Å². The lowest BCUT2D eigenvalue weighted by Gasteiger charge is -2.05. The van der Waals surface area contributed by atoms with Gasteiger partial charge in [0.1, 0.15) is 11.2 Å². The van der Waals surface area contributed by atoms with Crippen LogP contribution in [0.3, 0.4) is 0 Å². The lowest BCUT2D eigenvalue weighted by Crippen LogP contribution is -2.25. The first kappa shape index (κ1) is 15.5. The van der Waals surface area contributed by atoms with E-state index in [0.29, 0.717) is 17.2 Å². The maximum atomic E-state index is 12.1. The lowest BCUT2D eigenvalue weighted by molar-refractivity contribution is 0.0956. The fourth-order valence-corrected chi connectivity index (χ4v) is 2.87. The van der Waals surface area contributed by atoms with Gasteiger partial charge in [0.2, 0.25) is 0 Å². The van der Waals surface area contributed by atoms with Crippen molar-refractivity contribution in [2.45, 2.75) is 32.6 Å². The van der Waals surface area contributed by atoms with Gasteiger partial charge in [-0.05, 0) is 36.4 Å². The van der Waals surface area contributed by atoms with Crippen molar-refractivity contribution in [3.8, 4) is 0 Å². The first-order valence-corrected chi connectivity index (χ1v) is 8.29. The van der Waals surface area contributed by atoms with E-state index in [1.807, 2.05) is 6.20 Å². The van der Waals surface area contributed by atoms with Crippen LogP contribution in [0.5, 0.6) is 0 Å². The van der Waals surface area contributed by atoms with Crippen molar-refractivity contribution < 1.29 is 4.79 Å². The van der Waals surface area contributed by atoms with Gasteiger partial charge in [-0.15, -0.1) is 5.10 Å². The van der Waals surface area contributed by atoms with Crippen LogP contribution in [0.2, 0.25) is 0 Å². The standard InChI is InChI=1S/C14H17N7OS/c1-2-4-11-12(23-20-19-11)13(22)15-6-3-5-10-7-16-14-17-9-18-21(14)8-10/h7-9H,2-6H2,1H3,(H,15,22). The topological polar surface area (TPSA) is 98.0 Å². The Kier molecular flexibility index (Phi) is 4.86. The van der Waals surface area contributed by atoms with Crippen LogP contribution in [0, 0.1) is 0 Å². The Morgan fingerprint density at radius 2 is 2.26 bits per heavy atom. The Balaban J connectivity index is 1.49. The molecule has 0 aromatic carbocycles. The summed E-state index contributed by atoms with van der Waals surface area (Å²) in [5, 5.41) is 11.0. The number of nitrogens with one attached hydrogen (secondary N) is 1. The van der Waals surface area contributed by atoms with Crippen molar-refractivity contribution in [2.24, 2.45) is 0 Å². The molecule has 3 aromatic rings. The summed E-state index contributed by atoms with van der Waals surface area (Å²) in [5.41, 5.74) is 1.85. The molecule has 1 N–H and O–H groups in total. The summed E-state index contributed by atoms with van der Waals surface area (Å²) < 4.78 is 5.52. The van der Waals surface area contributed by atoms with Crippen molar-refractivity contribution in [3.63, 3.8) is 0 Å². The third-order valence-corrected chi connectivity index (χ3v) is 4.13. The van der Waals surface area contributed by atoms with Crippen LogP contribution in [0.4, 0.5) is 0 Å². The van der Waals surface area contributed by atoms with Gasteiger partial charge in [0, 0.05) is 18.9 Å². The molecule has 8 nitrogen and oxygen atoms in total. The Morgan fingerprint density at radius 3 is 3.13 bits per heavy atom. The Labute approximate surface area is 137 Å². The molecule has 3 aromatic heterocycles. The number of carbonyl (C=O) groups excluding carboxylic acids is 1. The zero-order chi connectivity index (χ0) is 16.1. The summed E-state index contributed by atoms with van der Waals surface area (Å²) in [6.07, 6.45) is 8.53. The molecule has 0 aliphatic carbocycles. The SMILES string of the molecule is CCCc1nnsc1C(=O)NCCCc1cnc2ncnn2c1. The minimum absolute atomic E-state index is 0.0895. The highest BCUT2D eigenvalue weighted by atomic mass is 32.1. The van der Waals surface area contributed by atoms with Gasteiger partial charge in [0.25, 0.3) is 11.7 Å². The van der Waals surface area contributed by atoms with E-state index in [-0.39, 0.29) is 5.91 Å². The highest BCUT2D eigenvalue weighted by Crippen LogP contribution is 2.12. The number of fused-ring (bicyclic) bond motifs is 1. The Hall–Kier alpha value is -2.42. The summed E-state index contributed by atoms with van der Waals surface area (Å²) in [7, 11) is 0. The van der Waals surface area contributed by atoms with E-state index < -0.39 is 0 Å². The van der Waals surface area contributed by atoms with E-state index in [1.165, 1.54) is 6.33 Å². The molecular weight excluding hydrogens is 314 g/mol. The predicted molar refractivity (Wildman–Crippen MR) is 85.3 cm³/mol. The minimum Gasteiger partial charge on any atom is -0.351 e. The molecule has 120 valence electrons. The second-order valence-electron chi connectivity index (χ2n) is 5.13. The first-order chi connectivity index (χ1) is 11.3. The zero-order valence-corrected chi connectivity index (χ0v) is 13.6. The highest BCUT2D eigenvalue weighted by Gasteiger charge is 2.14. The van der Waals surface area contributed by atoms with Gasteiger partial charge < -0.3 is 5.32 Å². The Morgan fingerprint density at radius 1 is 1.35 bits per heavy atom. The molecule has 0 unspecified atom stereocenters. The maximum Gasteiger partial charge on any atom is 0.264 e. The number of rotatable bonds is 7. The summed E-state index contributed by atoms with van der Waals surface area (Å²) in [6.45, 7) is 2.65. The molecule has 0 saturated carbocycles. The third-order valence-electron chi connectivity index (χ3n) is 3.36. The smallest absolute Gasteiger partial charge is 0.264 e. The molecule has 0 aliphatic rings. The highest BCUT2D eigenvalue weighted by molar-refractivity contribution is 7.08. The summed E-state index contributed by atoms with van der Waals surface area (Å²) in [6, 6.07) is 0. The van der Waals surface area contributed by atoms with Crippen molar-refractivity contribution in [1.29, 1.82) is 0 Å². The molecule has 0 saturated heterocycles. The van der Waals surface area contributed by atoms with Crippen molar-refractivity contribution in [2.75, 3.05) is 6.54 Å². The molecule has 3 rings (SSSR count). The maximum absolute atomic E-state index is 12.1. The van der Waals surface area contributed by atoms with Gasteiger partial charge in [-0.25, -0.2) is 9.50 Å².